The highest BCUT2D eigenvalue weighted by Gasteiger charge is 2.29. The molecule has 0 aliphatic heterocycles. The summed E-state index contributed by atoms with van der Waals surface area (Å²) < 4.78 is 0. The predicted molar refractivity (Wildman–Crippen MR) is 78.7 cm³/mol. The van der Waals surface area contributed by atoms with E-state index in [1.807, 2.05) is 0 Å². The van der Waals surface area contributed by atoms with Gasteiger partial charge in [-0.3, -0.25) is 0 Å². The summed E-state index contributed by atoms with van der Waals surface area (Å²) in [5.74, 6) is 0. The van der Waals surface area contributed by atoms with E-state index >= 15 is 0 Å². The van der Waals surface area contributed by atoms with Crippen LogP contribution in [0.15, 0.2) is 24.3 Å². The van der Waals surface area contributed by atoms with Crippen molar-refractivity contribution in [2.24, 2.45) is 0 Å². The Kier molecular flexibility index (Phi) is 1.89. The second-order valence-corrected chi connectivity index (χ2v) is 6.33. The first kappa shape index (κ1) is 10.3. The molecule has 94 valence electrons. The van der Waals surface area contributed by atoms with Gasteiger partial charge in [-0.05, 0) is 89.5 Å². The van der Waals surface area contributed by atoms with Crippen molar-refractivity contribution in [3.8, 4) is 11.1 Å². The molecule has 0 nitrogen and oxygen atoms in total. The van der Waals surface area contributed by atoms with Crippen LogP contribution < -0.4 is 0 Å². The molecule has 0 amide bonds. The lowest BCUT2D eigenvalue weighted by molar-refractivity contribution is 0.860. The minimum atomic E-state index is 1.24. The highest BCUT2D eigenvalue weighted by atomic mass is 14.3. The first-order valence-corrected chi connectivity index (χ1v) is 7.69. The fraction of sp³-hybridized carbons (Fsp3) is 0.368. The summed E-state index contributed by atoms with van der Waals surface area (Å²) in [5, 5.41) is 0. The van der Waals surface area contributed by atoms with Gasteiger partial charge in [0.25, 0.3) is 0 Å². The molecule has 0 fully saturated rings. The molecule has 3 aliphatic rings. The molecule has 0 aromatic heterocycles. The van der Waals surface area contributed by atoms with Crippen LogP contribution in [0.3, 0.4) is 0 Å². The molecule has 0 spiro atoms. The topological polar surface area (TPSA) is 0 Å². The normalized spacial score (nSPS) is 18.1. The lowest BCUT2D eigenvalue weighted by Gasteiger charge is -2.31. The largest absolute Gasteiger partial charge is 0.0617 e. The summed E-state index contributed by atoms with van der Waals surface area (Å²) in [6.45, 7) is 0. The van der Waals surface area contributed by atoms with E-state index in [9.17, 15) is 0 Å². The molecular weight excluding hydrogens is 228 g/mol. The molecule has 0 bridgehead atoms. The highest BCUT2D eigenvalue weighted by molar-refractivity contribution is 5.82. The van der Waals surface area contributed by atoms with E-state index in [0.29, 0.717) is 0 Å². The Bertz CT molecular complexity index is 692. The Hall–Kier alpha value is -1.56. The average molecular weight is 246 g/mol. The first-order chi connectivity index (χ1) is 9.42. The molecule has 0 saturated heterocycles. The minimum Gasteiger partial charge on any atom is -0.0617 e. The van der Waals surface area contributed by atoms with Crippen LogP contribution in [0.2, 0.25) is 0 Å². The highest BCUT2D eigenvalue weighted by Crippen LogP contribution is 2.45. The van der Waals surface area contributed by atoms with E-state index in [1.54, 1.807) is 44.5 Å². The Labute approximate surface area is 114 Å². The van der Waals surface area contributed by atoms with Crippen molar-refractivity contribution < 1.29 is 0 Å². The number of aryl methyl sites for hydroxylation is 4. The summed E-state index contributed by atoms with van der Waals surface area (Å²) in [4.78, 5) is 0. The summed E-state index contributed by atoms with van der Waals surface area (Å²) >= 11 is 0. The molecule has 0 atom stereocenters. The minimum absolute atomic E-state index is 1.24. The monoisotopic (exact) mass is 246 g/mol. The molecule has 0 radical (unpaired) electrons. The first-order valence-electron chi connectivity index (χ1n) is 7.69. The standard InChI is InChI=1S/C19H18/c1-3-12-7-8-15-11-14-5-2-6-16(14)17-10-9-13(4-1)18(12)19(15)17/h1,3-4,11H,2,5-10H2. The van der Waals surface area contributed by atoms with Crippen molar-refractivity contribution in [3.63, 3.8) is 0 Å². The van der Waals surface area contributed by atoms with Gasteiger partial charge in [0.1, 0.15) is 0 Å². The maximum Gasteiger partial charge on any atom is -0.0111 e. The van der Waals surface area contributed by atoms with Crippen LogP contribution in [0.5, 0.6) is 0 Å². The van der Waals surface area contributed by atoms with Crippen LogP contribution in [0, 0.1) is 0 Å². The van der Waals surface area contributed by atoms with Crippen LogP contribution in [0.1, 0.15) is 39.8 Å². The number of rotatable bonds is 0. The number of fused-ring (bicyclic) bond motifs is 2. The Morgan fingerprint density at radius 3 is 2.26 bits per heavy atom. The van der Waals surface area contributed by atoms with E-state index in [2.05, 4.69) is 24.3 Å². The fourth-order valence-corrected chi connectivity index (χ4v) is 4.60. The molecular formula is C19H18. The van der Waals surface area contributed by atoms with Gasteiger partial charge in [0.15, 0.2) is 0 Å². The van der Waals surface area contributed by atoms with Gasteiger partial charge in [0.05, 0.1) is 0 Å². The van der Waals surface area contributed by atoms with Crippen LogP contribution in [0.4, 0.5) is 0 Å². The van der Waals surface area contributed by atoms with E-state index in [1.165, 1.54) is 44.9 Å². The van der Waals surface area contributed by atoms with Crippen molar-refractivity contribution >= 4 is 0 Å². The predicted octanol–water partition coefficient (Wildman–Crippen LogP) is 4.04. The zero-order valence-electron chi connectivity index (χ0n) is 11.3. The number of hydrogen-bond donors (Lipinski definition) is 0. The Morgan fingerprint density at radius 1 is 0.579 bits per heavy atom. The van der Waals surface area contributed by atoms with Gasteiger partial charge < -0.3 is 0 Å². The maximum absolute atomic E-state index is 2.55. The van der Waals surface area contributed by atoms with Crippen molar-refractivity contribution in [3.05, 3.63) is 57.6 Å². The summed E-state index contributed by atoms with van der Waals surface area (Å²) in [7, 11) is 0. The molecule has 3 aliphatic carbocycles. The molecule has 0 heterocycles. The zero-order chi connectivity index (χ0) is 12.4. The van der Waals surface area contributed by atoms with E-state index in [-0.39, 0.29) is 0 Å². The molecule has 0 saturated carbocycles. The lowest BCUT2D eigenvalue weighted by atomic mass is 9.73. The van der Waals surface area contributed by atoms with E-state index in [0.717, 1.165) is 0 Å². The fourth-order valence-electron chi connectivity index (χ4n) is 4.60. The molecule has 0 heteroatoms. The smallest absolute Gasteiger partial charge is 0.0111 e. The Morgan fingerprint density at radius 2 is 1.37 bits per heavy atom. The van der Waals surface area contributed by atoms with Crippen molar-refractivity contribution in [2.75, 3.05) is 0 Å². The third-order valence-electron chi connectivity index (χ3n) is 5.39. The van der Waals surface area contributed by atoms with Gasteiger partial charge >= 0.3 is 0 Å². The van der Waals surface area contributed by atoms with Gasteiger partial charge in [-0.15, -0.1) is 0 Å². The molecule has 5 rings (SSSR count). The Balaban J connectivity index is 1.92. The van der Waals surface area contributed by atoms with Crippen LogP contribution in [0.25, 0.3) is 11.1 Å². The van der Waals surface area contributed by atoms with E-state index < -0.39 is 0 Å². The third-order valence-corrected chi connectivity index (χ3v) is 5.39. The number of hydrogen-bond acceptors (Lipinski definition) is 0. The summed E-state index contributed by atoms with van der Waals surface area (Å²) in [6, 6.07) is 9.51. The molecule has 2 aromatic carbocycles. The van der Waals surface area contributed by atoms with Crippen molar-refractivity contribution in [1.82, 2.24) is 0 Å². The van der Waals surface area contributed by atoms with Gasteiger partial charge in [-0.2, -0.15) is 0 Å². The summed E-state index contributed by atoms with van der Waals surface area (Å²) in [6.07, 6.45) is 9.06. The van der Waals surface area contributed by atoms with Gasteiger partial charge in [0, 0.05) is 0 Å². The van der Waals surface area contributed by atoms with Gasteiger partial charge in [0.2, 0.25) is 0 Å². The zero-order valence-corrected chi connectivity index (χ0v) is 11.3. The third kappa shape index (κ3) is 1.25. The maximum atomic E-state index is 2.55. The van der Waals surface area contributed by atoms with Crippen LogP contribution in [-0.2, 0) is 38.5 Å². The van der Waals surface area contributed by atoms with Crippen molar-refractivity contribution in [2.45, 2.75) is 44.9 Å². The molecule has 2 aromatic rings. The number of benzene rings is 2. The van der Waals surface area contributed by atoms with Gasteiger partial charge in [-0.1, -0.05) is 24.3 Å². The molecule has 0 unspecified atom stereocenters. The lowest BCUT2D eigenvalue weighted by Crippen LogP contribution is -2.16. The molecule has 19 heavy (non-hydrogen) atoms. The van der Waals surface area contributed by atoms with Crippen LogP contribution in [-0.4, -0.2) is 0 Å². The quantitative estimate of drug-likeness (QED) is 0.658. The van der Waals surface area contributed by atoms with Crippen LogP contribution >= 0.6 is 0 Å². The van der Waals surface area contributed by atoms with Crippen molar-refractivity contribution in [1.29, 1.82) is 0 Å². The summed E-state index contributed by atoms with van der Waals surface area (Å²) in [5.41, 5.74) is 13.3. The average Bonchev–Trinajstić information content (AvgIpc) is 2.92. The second kappa shape index (κ2) is 3.50. The molecule has 0 N–H and O–H groups in total. The second-order valence-electron chi connectivity index (χ2n) is 6.33. The SMILES string of the molecule is c1cc2c3c(c1)CCc1c4c(cc(c1-3)CC2)CCC4. The van der Waals surface area contributed by atoms with Gasteiger partial charge in [-0.25, -0.2) is 0 Å². The van der Waals surface area contributed by atoms with E-state index in [4.69, 9.17) is 0 Å².